The van der Waals surface area contributed by atoms with E-state index in [0.29, 0.717) is 4.90 Å². The van der Waals surface area contributed by atoms with Crippen molar-refractivity contribution in [2.24, 2.45) is 0 Å². The molecule has 0 unspecified atom stereocenters. The maximum Gasteiger partial charge on any atom is 0.244 e. The topological polar surface area (TPSA) is 95.1 Å². The number of thiophene rings is 1. The van der Waals surface area contributed by atoms with Crippen LogP contribution in [0.3, 0.4) is 0 Å². The van der Waals surface area contributed by atoms with E-state index in [2.05, 4.69) is 0 Å². The Bertz CT molecular complexity index is 1120. The van der Waals surface area contributed by atoms with E-state index in [9.17, 15) is 21.6 Å². The van der Waals surface area contributed by atoms with Crippen molar-refractivity contribution in [1.82, 2.24) is 13.5 Å². The van der Waals surface area contributed by atoms with E-state index >= 15 is 0 Å². The lowest BCUT2D eigenvalue weighted by Gasteiger charge is -2.34. The molecule has 164 valence electrons. The van der Waals surface area contributed by atoms with Crippen LogP contribution in [0.5, 0.6) is 0 Å². The molecule has 0 radical (unpaired) electrons. The van der Waals surface area contributed by atoms with Crippen molar-refractivity contribution in [3.8, 4) is 0 Å². The van der Waals surface area contributed by atoms with Gasteiger partial charge in [0.1, 0.15) is 0 Å². The second-order valence-corrected chi connectivity index (χ2v) is 12.5. The zero-order valence-corrected chi connectivity index (χ0v) is 19.6. The molecular formula is C19H25N3O5S3. The average molecular weight is 472 g/mol. The molecule has 1 aromatic carbocycles. The number of hydrogen-bond acceptors (Lipinski definition) is 6. The molecule has 3 rings (SSSR count). The molecule has 1 aliphatic heterocycles. The standard InChI is InChI=1S/C19H25N3O5S3/c1-15-13-18(16(2)28-15)30(26,27)22-11-9-21(10-12-22)19(23)14-20(3)29(24,25)17-7-5-4-6-8-17/h4-8,13H,9-12,14H2,1-3H3. The highest BCUT2D eigenvalue weighted by atomic mass is 32.2. The quantitative estimate of drug-likeness (QED) is 0.637. The van der Waals surface area contributed by atoms with Crippen molar-refractivity contribution >= 4 is 37.3 Å². The van der Waals surface area contributed by atoms with Gasteiger partial charge in [-0.1, -0.05) is 18.2 Å². The highest BCUT2D eigenvalue weighted by Crippen LogP contribution is 2.28. The van der Waals surface area contributed by atoms with Crippen molar-refractivity contribution in [2.45, 2.75) is 23.6 Å². The zero-order chi connectivity index (χ0) is 22.1. The van der Waals surface area contributed by atoms with Crippen molar-refractivity contribution in [3.63, 3.8) is 0 Å². The second kappa shape index (κ2) is 8.75. The molecule has 0 aliphatic carbocycles. The minimum Gasteiger partial charge on any atom is -0.339 e. The van der Waals surface area contributed by atoms with Crippen LogP contribution < -0.4 is 0 Å². The lowest BCUT2D eigenvalue weighted by molar-refractivity contribution is -0.132. The van der Waals surface area contributed by atoms with Gasteiger partial charge in [0.2, 0.25) is 26.0 Å². The van der Waals surface area contributed by atoms with Crippen LogP contribution in [-0.2, 0) is 24.8 Å². The Labute approximate surface area is 181 Å². The summed E-state index contributed by atoms with van der Waals surface area (Å²) >= 11 is 1.44. The Morgan fingerprint density at radius 1 is 1.03 bits per heavy atom. The van der Waals surface area contributed by atoms with Crippen LogP contribution in [0, 0.1) is 13.8 Å². The van der Waals surface area contributed by atoms with Crippen molar-refractivity contribution < 1.29 is 21.6 Å². The molecule has 11 heteroatoms. The van der Waals surface area contributed by atoms with Gasteiger partial charge in [-0.05, 0) is 32.0 Å². The van der Waals surface area contributed by atoms with Gasteiger partial charge in [-0.15, -0.1) is 11.3 Å². The number of hydrogen-bond donors (Lipinski definition) is 0. The molecule has 1 aliphatic rings. The lowest BCUT2D eigenvalue weighted by atomic mass is 10.3. The Hall–Kier alpha value is -1.79. The van der Waals surface area contributed by atoms with Gasteiger partial charge in [0.15, 0.2) is 0 Å². The van der Waals surface area contributed by atoms with Crippen LogP contribution in [-0.4, -0.2) is 76.0 Å². The highest BCUT2D eigenvalue weighted by molar-refractivity contribution is 7.89. The van der Waals surface area contributed by atoms with E-state index in [4.69, 9.17) is 0 Å². The van der Waals surface area contributed by atoms with Gasteiger partial charge < -0.3 is 4.90 Å². The number of likely N-dealkylation sites (N-methyl/N-ethyl adjacent to an activating group) is 1. The number of carbonyl (C=O) groups excluding carboxylic acids is 1. The van der Waals surface area contributed by atoms with Crippen molar-refractivity contribution in [2.75, 3.05) is 39.8 Å². The summed E-state index contributed by atoms with van der Waals surface area (Å²) < 4.78 is 53.4. The number of benzene rings is 1. The first kappa shape index (κ1) is 22.9. The fraction of sp³-hybridized carbons (Fsp3) is 0.421. The molecule has 1 saturated heterocycles. The van der Waals surface area contributed by atoms with E-state index in [-0.39, 0.29) is 43.5 Å². The van der Waals surface area contributed by atoms with Crippen LogP contribution in [0.25, 0.3) is 0 Å². The molecule has 0 spiro atoms. The third kappa shape index (κ3) is 4.59. The van der Waals surface area contributed by atoms with E-state index in [1.807, 2.05) is 6.92 Å². The Balaban J connectivity index is 1.62. The fourth-order valence-electron chi connectivity index (χ4n) is 3.33. The predicted octanol–water partition coefficient (Wildman–Crippen LogP) is 1.52. The Kier molecular flexibility index (Phi) is 6.68. The van der Waals surface area contributed by atoms with Crippen molar-refractivity contribution in [1.29, 1.82) is 0 Å². The summed E-state index contributed by atoms with van der Waals surface area (Å²) in [5.41, 5.74) is 0. The number of nitrogens with zero attached hydrogens (tertiary/aromatic N) is 3. The molecule has 0 atom stereocenters. The number of carbonyl (C=O) groups is 1. The van der Waals surface area contributed by atoms with E-state index in [0.717, 1.165) is 14.1 Å². The average Bonchev–Trinajstić information content (AvgIpc) is 3.07. The van der Waals surface area contributed by atoms with Crippen LogP contribution in [0.2, 0.25) is 0 Å². The number of rotatable bonds is 6. The van der Waals surface area contributed by atoms with Crippen LogP contribution >= 0.6 is 11.3 Å². The minimum absolute atomic E-state index is 0.123. The first-order chi connectivity index (χ1) is 14.0. The Morgan fingerprint density at radius 2 is 1.63 bits per heavy atom. The smallest absolute Gasteiger partial charge is 0.244 e. The molecule has 1 amide bonds. The molecule has 8 nitrogen and oxygen atoms in total. The molecule has 0 saturated carbocycles. The van der Waals surface area contributed by atoms with E-state index in [1.54, 1.807) is 31.2 Å². The van der Waals surface area contributed by atoms with Gasteiger partial charge in [0.05, 0.1) is 16.3 Å². The normalized spacial score (nSPS) is 16.2. The molecule has 0 N–H and O–H groups in total. The lowest BCUT2D eigenvalue weighted by Crippen LogP contribution is -2.52. The molecular weight excluding hydrogens is 446 g/mol. The van der Waals surface area contributed by atoms with E-state index in [1.165, 1.54) is 39.7 Å². The van der Waals surface area contributed by atoms with Gasteiger partial charge in [0.25, 0.3) is 0 Å². The summed E-state index contributed by atoms with van der Waals surface area (Å²) in [6, 6.07) is 9.60. The second-order valence-electron chi connectivity index (χ2n) is 7.14. The molecule has 1 fully saturated rings. The van der Waals surface area contributed by atoms with Crippen molar-refractivity contribution in [3.05, 3.63) is 46.2 Å². The number of amides is 1. The van der Waals surface area contributed by atoms with Gasteiger partial charge in [0, 0.05) is 43.0 Å². The summed E-state index contributed by atoms with van der Waals surface area (Å²) in [7, 11) is -6.00. The summed E-state index contributed by atoms with van der Waals surface area (Å²) in [5, 5.41) is 0. The largest absolute Gasteiger partial charge is 0.339 e. The predicted molar refractivity (Wildman–Crippen MR) is 115 cm³/mol. The third-order valence-electron chi connectivity index (χ3n) is 5.01. The zero-order valence-electron chi connectivity index (χ0n) is 17.1. The first-order valence-electron chi connectivity index (χ1n) is 9.40. The van der Waals surface area contributed by atoms with Gasteiger partial charge >= 0.3 is 0 Å². The van der Waals surface area contributed by atoms with Crippen LogP contribution in [0.1, 0.15) is 9.75 Å². The maximum atomic E-state index is 12.9. The summed E-state index contributed by atoms with van der Waals surface area (Å²) in [4.78, 5) is 16.3. The summed E-state index contributed by atoms with van der Waals surface area (Å²) in [5.74, 6) is -0.350. The van der Waals surface area contributed by atoms with E-state index < -0.39 is 20.0 Å². The molecule has 0 bridgehead atoms. The third-order valence-corrected chi connectivity index (χ3v) is 9.95. The van der Waals surface area contributed by atoms with Gasteiger partial charge in [-0.3, -0.25) is 4.79 Å². The molecule has 2 heterocycles. The monoisotopic (exact) mass is 471 g/mol. The Morgan fingerprint density at radius 3 is 2.17 bits per heavy atom. The highest BCUT2D eigenvalue weighted by Gasteiger charge is 2.33. The van der Waals surface area contributed by atoms with Crippen LogP contribution in [0.15, 0.2) is 46.2 Å². The molecule has 2 aromatic rings. The molecule has 30 heavy (non-hydrogen) atoms. The van der Waals surface area contributed by atoms with Gasteiger partial charge in [-0.25, -0.2) is 16.8 Å². The number of piperazine rings is 1. The minimum atomic E-state index is -3.76. The fourth-order valence-corrected chi connectivity index (χ4v) is 7.42. The first-order valence-corrected chi connectivity index (χ1v) is 13.1. The van der Waals surface area contributed by atoms with Gasteiger partial charge in [-0.2, -0.15) is 8.61 Å². The number of sulfonamides is 2. The maximum absolute atomic E-state index is 12.9. The summed E-state index contributed by atoms with van der Waals surface area (Å²) in [6.45, 7) is 4.15. The molecule has 1 aromatic heterocycles. The number of aryl methyl sites for hydroxylation is 2. The SMILES string of the molecule is Cc1cc(S(=O)(=O)N2CCN(C(=O)CN(C)S(=O)(=O)c3ccccc3)CC2)c(C)s1. The van der Waals surface area contributed by atoms with Crippen LogP contribution in [0.4, 0.5) is 0 Å². The summed E-state index contributed by atoms with van der Waals surface area (Å²) in [6.07, 6.45) is 0.